The van der Waals surface area contributed by atoms with E-state index in [2.05, 4.69) is 25.9 Å². The summed E-state index contributed by atoms with van der Waals surface area (Å²) in [6, 6.07) is 6.36. The lowest BCUT2D eigenvalue weighted by Gasteiger charge is -2.22. The Labute approximate surface area is 210 Å². The first-order chi connectivity index (χ1) is 16.6. The van der Waals surface area contributed by atoms with Crippen molar-refractivity contribution in [3.05, 3.63) is 53.1 Å². The van der Waals surface area contributed by atoms with Gasteiger partial charge >= 0.3 is 12.1 Å². The minimum Gasteiger partial charge on any atom is -0.458 e. The highest BCUT2D eigenvalue weighted by atomic mass is 16.6. The summed E-state index contributed by atoms with van der Waals surface area (Å²) in [4.78, 5) is 55.7. The van der Waals surface area contributed by atoms with Crippen LogP contribution in [0.3, 0.4) is 0 Å². The molecule has 3 amide bonds. The van der Waals surface area contributed by atoms with Gasteiger partial charge in [0.1, 0.15) is 22.9 Å². The minimum absolute atomic E-state index is 0.0259. The molecule has 1 aromatic heterocycles. The monoisotopic (exact) mass is 501 g/mol. The molecular weight excluding hydrogens is 466 g/mol. The molecule has 0 aliphatic carbocycles. The molecule has 0 bridgehead atoms. The van der Waals surface area contributed by atoms with Gasteiger partial charge in [0.05, 0.1) is 6.33 Å². The number of imidazole rings is 1. The van der Waals surface area contributed by atoms with E-state index in [0.29, 0.717) is 6.54 Å². The third-order valence-corrected chi connectivity index (χ3v) is 4.50. The van der Waals surface area contributed by atoms with Crippen LogP contribution in [0.15, 0.2) is 30.6 Å². The molecule has 0 saturated heterocycles. The number of carbonyl (C=O) groups excluding carboxylic acids is 4. The Kier molecular flexibility index (Phi) is 9.21. The smallest absolute Gasteiger partial charge is 0.407 e. The average Bonchev–Trinajstić information content (AvgIpc) is 3.24. The second-order valence-electron chi connectivity index (χ2n) is 10.2. The van der Waals surface area contributed by atoms with Crippen LogP contribution in [0.25, 0.3) is 0 Å². The highest BCUT2D eigenvalue weighted by molar-refractivity contribution is 6.05. The Balaban J connectivity index is 1.89. The van der Waals surface area contributed by atoms with Gasteiger partial charge in [-0.05, 0) is 59.6 Å². The molecule has 36 heavy (non-hydrogen) atoms. The molecule has 4 N–H and O–H groups in total. The standard InChI is InChI=1S/C25H35N5O6/c1-15(22(33)35-24(2,3)4)30-21(32)19-18(28-14-29-19)20(31)26-12-16-8-10-17(11-9-16)13-27-23(34)36-25(5,6)7/h8-11,14-15H,12-13H2,1-7H3,(H,26,31)(H,27,34)(H,28,29)(H,30,32). The molecule has 1 atom stereocenters. The predicted octanol–water partition coefficient (Wildman–Crippen LogP) is 2.82. The maximum absolute atomic E-state index is 12.7. The largest absolute Gasteiger partial charge is 0.458 e. The number of nitrogens with one attached hydrogen (secondary N) is 4. The van der Waals surface area contributed by atoms with Gasteiger partial charge in [0.15, 0.2) is 5.69 Å². The van der Waals surface area contributed by atoms with Crippen molar-refractivity contribution in [2.45, 2.75) is 78.8 Å². The van der Waals surface area contributed by atoms with Gasteiger partial charge in [-0.15, -0.1) is 0 Å². The number of alkyl carbamates (subject to hydrolysis) is 1. The number of aromatic amines is 1. The Morgan fingerprint density at radius 1 is 0.861 bits per heavy atom. The van der Waals surface area contributed by atoms with E-state index in [4.69, 9.17) is 9.47 Å². The summed E-state index contributed by atoms with van der Waals surface area (Å²) in [5.41, 5.74) is 0.252. The van der Waals surface area contributed by atoms with Crippen molar-refractivity contribution in [3.63, 3.8) is 0 Å². The van der Waals surface area contributed by atoms with Crippen LogP contribution in [0, 0.1) is 0 Å². The van der Waals surface area contributed by atoms with Gasteiger partial charge in [-0.1, -0.05) is 24.3 Å². The van der Waals surface area contributed by atoms with Crippen molar-refractivity contribution in [3.8, 4) is 0 Å². The van der Waals surface area contributed by atoms with Crippen LogP contribution in [0.4, 0.5) is 4.79 Å². The first-order valence-electron chi connectivity index (χ1n) is 11.5. The topological polar surface area (TPSA) is 152 Å². The SMILES string of the molecule is CC(NC(=O)c1nc[nH]c1C(=O)NCc1ccc(CNC(=O)OC(C)(C)C)cc1)C(=O)OC(C)(C)C. The van der Waals surface area contributed by atoms with Gasteiger partial charge in [-0.3, -0.25) is 9.59 Å². The maximum Gasteiger partial charge on any atom is 0.407 e. The Morgan fingerprint density at radius 2 is 1.39 bits per heavy atom. The molecule has 11 heteroatoms. The number of aromatic nitrogens is 2. The molecule has 2 aromatic rings. The van der Waals surface area contributed by atoms with Gasteiger partial charge in [0, 0.05) is 13.1 Å². The number of hydrogen-bond acceptors (Lipinski definition) is 7. The number of carbonyl (C=O) groups is 4. The fourth-order valence-corrected chi connectivity index (χ4v) is 2.89. The first-order valence-corrected chi connectivity index (χ1v) is 11.5. The lowest BCUT2D eigenvalue weighted by molar-refractivity contribution is -0.156. The summed E-state index contributed by atoms with van der Waals surface area (Å²) in [6.45, 7) is 12.5. The van der Waals surface area contributed by atoms with Crippen LogP contribution in [0.2, 0.25) is 0 Å². The summed E-state index contributed by atoms with van der Waals surface area (Å²) < 4.78 is 10.5. The fourth-order valence-electron chi connectivity index (χ4n) is 2.89. The summed E-state index contributed by atoms with van der Waals surface area (Å²) in [5, 5.41) is 7.91. The number of nitrogens with zero attached hydrogens (tertiary/aromatic N) is 1. The zero-order valence-corrected chi connectivity index (χ0v) is 21.8. The first kappa shape index (κ1) is 28.3. The normalized spacial score (nSPS) is 12.3. The molecule has 2 rings (SSSR count). The number of benzene rings is 1. The fraction of sp³-hybridized carbons (Fsp3) is 0.480. The van der Waals surface area contributed by atoms with Crippen molar-refractivity contribution >= 4 is 23.9 Å². The zero-order valence-electron chi connectivity index (χ0n) is 21.8. The van der Waals surface area contributed by atoms with Crippen LogP contribution in [0.5, 0.6) is 0 Å². The van der Waals surface area contributed by atoms with Crippen molar-refractivity contribution < 1.29 is 28.7 Å². The minimum atomic E-state index is -0.923. The van der Waals surface area contributed by atoms with Gasteiger partial charge in [0.25, 0.3) is 11.8 Å². The molecular formula is C25H35N5O6. The predicted molar refractivity (Wildman–Crippen MR) is 132 cm³/mol. The van der Waals surface area contributed by atoms with Crippen LogP contribution in [-0.2, 0) is 27.4 Å². The summed E-state index contributed by atoms with van der Waals surface area (Å²) in [6.07, 6.45) is 0.729. The summed E-state index contributed by atoms with van der Waals surface area (Å²) in [7, 11) is 0. The molecule has 196 valence electrons. The van der Waals surface area contributed by atoms with Crippen molar-refractivity contribution in [2.75, 3.05) is 0 Å². The molecule has 1 unspecified atom stereocenters. The zero-order chi connectivity index (χ0) is 27.1. The third-order valence-electron chi connectivity index (χ3n) is 4.50. The van der Waals surface area contributed by atoms with Crippen LogP contribution in [0.1, 0.15) is 80.6 Å². The Bertz CT molecular complexity index is 1080. The Hall–Kier alpha value is -3.89. The van der Waals surface area contributed by atoms with E-state index in [1.54, 1.807) is 41.5 Å². The Morgan fingerprint density at radius 3 is 1.92 bits per heavy atom. The summed E-state index contributed by atoms with van der Waals surface area (Å²) >= 11 is 0. The van der Waals surface area contributed by atoms with Crippen molar-refractivity contribution in [1.82, 2.24) is 25.9 Å². The van der Waals surface area contributed by atoms with Gasteiger partial charge in [0.2, 0.25) is 0 Å². The number of hydrogen-bond donors (Lipinski definition) is 4. The molecule has 11 nitrogen and oxygen atoms in total. The van der Waals surface area contributed by atoms with E-state index in [1.807, 2.05) is 24.3 Å². The van der Waals surface area contributed by atoms with E-state index in [-0.39, 0.29) is 17.9 Å². The molecule has 0 saturated carbocycles. The van der Waals surface area contributed by atoms with Crippen molar-refractivity contribution in [2.24, 2.45) is 0 Å². The lowest BCUT2D eigenvalue weighted by atomic mass is 10.1. The number of esters is 1. The highest BCUT2D eigenvalue weighted by Crippen LogP contribution is 2.11. The third kappa shape index (κ3) is 9.40. The van der Waals surface area contributed by atoms with E-state index in [9.17, 15) is 19.2 Å². The van der Waals surface area contributed by atoms with Crippen molar-refractivity contribution in [1.29, 1.82) is 0 Å². The van der Waals surface area contributed by atoms with E-state index in [0.717, 1.165) is 11.1 Å². The molecule has 0 aliphatic rings. The van der Waals surface area contributed by atoms with E-state index < -0.39 is 41.1 Å². The number of H-pyrrole nitrogens is 1. The number of rotatable bonds is 8. The molecule has 0 fully saturated rings. The molecule has 1 heterocycles. The van der Waals surface area contributed by atoms with Gasteiger partial charge < -0.3 is 30.4 Å². The maximum atomic E-state index is 12.7. The number of amides is 3. The molecule has 1 aromatic carbocycles. The average molecular weight is 502 g/mol. The van der Waals surface area contributed by atoms with Crippen LogP contribution < -0.4 is 16.0 Å². The summed E-state index contributed by atoms with van der Waals surface area (Å²) in [5.74, 6) is -1.80. The highest BCUT2D eigenvalue weighted by Gasteiger charge is 2.26. The van der Waals surface area contributed by atoms with E-state index in [1.165, 1.54) is 13.3 Å². The van der Waals surface area contributed by atoms with Gasteiger partial charge in [-0.25, -0.2) is 14.6 Å². The second kappa shape index (κ2) is 11.7. The van der Waals surface area contributed by atoms with Gasteiger partial charge in [-0.2, -0.15) is 0 Å². The lowest BCUT2D eigenvalue weighted by Crippen LogP contribution is -2.42. The number of ether oxygens (including phenoxy) is 2. The van der Waals surface area contributed by atoms with E-state index >= 15 is 0 Å². The molecule has 0 aliphatic heterocycles. The molecule has 0 radical (unpaired) electrons. The van der Waals surface area contributed by atoms with Crippen LogP contribution >= 0.6 is 0 Å². The second-order valence-corrected chi connectivity index (χ2v) is 10.2. The molecule has 0 spiro atoms. The van der Waals surface area contributed by atoms with Crippen LogP contribution in [-0.4, -0.2) is 51.1 Å². The quantitative estimate of drug-likeness (QED) is 0.406.